The van der Waals surface area contributed by atoms with Crippen molar-refractivity contribution in [3.8, 4) is 5.75 Å². The molecular formula is C21H16O4. The van der Waals surface area contributed by atoms with E-state index >= 15 is 0 Å². The predicted octanol–water partition coefficient (Wildman–Crippen LogP) is 3.90. The van der Waals surface area contributed by atoms with Crippen LogP contribution in [-0.2, 0) is 17.6 Å². The summed E-state index contributed by atoms with van der Waals surface area (Å²) in [6.07, 6.45) is 5.69. The highest BCUT2D eigenvalue weighted by Crippen LogP contribution is 2.29. The second-order valence-corrected chi connectivity index (χ2v) is 6.02. The minimum Gasteiger partial charge on any atom is -0.423 e. The summed E-state index contributed by atoms with van der Waals surface area (Å²) in [6, 6.07) is 14.7. The van der Waals surface area contributed by atoms with E-state index in [1.54, 1.807) is 18.2 Å². The van der Waals surface area contributed by atoms with E-state index in [2.05, 4.69) is 0 Å². The van der Waals surface area contributed by atoms with E-state index in [-0.39, 0.29) is 5.63 Å². The molecule has 4 nitrogen and oxygen atoms in total. The van der Waals surface area contributed by atoms with Gasteiger partial charge in [0.2, 0.25) is 0 Å². The van der Waals surface area contributed by atoms with Crippen LogP contribution >= 0.6 is 0 Å². The van der Waals surface area contributed by atoms with Crippen molar-refractivity contribution in [2.75, 3.05) is 0 Å². The largest absolute Gasteiger partial charge is 0.423 e. The molecule has 0 atom stereocenters. The number of hydrogen-bond donors (Lipinski definition) is 0. The van der Waals surface area contributed by atoms with E-state index in [0.29, 0.717) is 11.3 Å². The smallest absolute Gasteiger partial charge is 0.339 e. The van der Waals surface area contributed by atoms with E-state index in [1.165, 1.54) is 6.08 Å². The highest BCUT2D eigenvalue weighted by atomic mass is 16.5. The van der Waals surface area contributed by atoms with Gasteiger partial charge < -0.3 is 9.15 Å². The Morgan fingerprint density at radius 2 is 1.84 bits per heavy atom. The first-order chi connectivity index (χ1) is 12.2. The molecule has 1 aliphatic rings. The number of rotatable bonds is 3. The molecule has 4 rings (SSSR count). The molecule has 0 fully saturated rings. The summed E-state index contributed by atoms with van der Waals surface area (Å²) in [6.45, 7) is 0. The van der Waals surface area contributed by atoms with Crippen molar-refractivity contribution >= 4 is 23.0 Å². The average molecular weight is 332 g/mol. The van der Waals surface area contributed by atoms with E-state index < -0.39 is 5.97 Å². The molecule has 25 heavy (non-hydrogen) atoms. The molecule has 0 unspecified atom stereocenters. The summed E-state index contributed by atoms with van der Waals surface area (Å²) < 4.78 is 10.7. The Bertz CT molecular complexity index is 1030. The van der Waals surface area contributed by atoms with Gasteiger partial charge in [0.25, 0.3) is 0 Å². The molecule has 0 radical (unpaired) electrons. The quantitative estimate of drug-likeness (QED) is 0.316. The first-order valence-corrected chi connectivity index (χ1v) is 8.24. The Morgan fingerprint density at radius 1 is 1.04 bits per heavy atom. The number of fused-ring (bicyclic) bond motifs is 3. The molecule has 1 heterocycles. The maximum Gasteiger partial charge on any atom is 0.339 e. The molecule has 1 aliphatic carbocycles. The van der Waals surface area contributed by atoms with Crippen LogP contribution in [0.15, 0.2) is 63.8 Å². The fourth-order valence-electron chi connectivity index (χ4n) is 3.21. The third kappa shape index (κ3) is 3.11. The Hall–Kier alpha value is -3.14. The van der Waals surface area contributed by atoms with Gasteiger partial charge in [-0.2, -0.15) is 0 Å². The lowest BCUT2D eigenvalue weighted by Gasteiger charge is -2.06. The predicted molar refractivity (Wildman–Crippen MR) is 95.6 cm³/mol. The van der Waals surface area contributed by atoms with Crippen molar-refractivity contribution in [2.24, 2.45) is 0 Å². The summed E-state index contributed by atoms with van der Waals surface area (Å²) in [5.41, 5.74) is 2.94. The molecule has 1 aromatic heterocycles. The maximum atomic E-state index is 12.0. The lowest BCUT2D eigenvalue weighted by Crippen LogP contribution is -2.07. The topological polar surface area (TPSA) is 56.5 Å². The van der Waals surface area contributed by atoms with Crippen molar-refractivity contribution in [3.05, 3.63) is 81.7 Å². The van der Waals surface area contributed by atoms with Crippen molar-refractivity contribution in [1.82, 2.24) is 0 Å². The van der Waals surface area contributed by atoms with Gasteiger partial charge in [-0.25, -0.2) is 9.59 Å². The Morgan fingerprint density at radius 3 is 2.68 bits per heavy atom. The highest BCUT2D eigenvalue weighted by Gasteiger charge is 2.19. The number of hydrogen-bond acceptors (Lipinski definition) is 4. The van der Waals surface area contributed by atoms with E-state index in [4.69, 9.17) is 9.15 Å². The molecule has 0 aliphatic heterocycles. The van der Waals surface area contributed by atoms with Crippen LogP contribution < -0.4 is 10.4 Å². The standard InChI is InChI=1S/C21H16O4/c22-20(12-9-14-5-2-1-3-6-14)24-15-10-11-17-16-7-4-8-18(16)21(23)25-19(17)13-15/h1-3,5-6,9-13H,4,7-8H2/b12-9+. The lowest BCUT2D eigenvalue weighted by molar-refractivity contribution is -0.128. The fraction of sp³-hybridized carbons (Fsp3) is 0.143. The van der Waals surface area contributed by atoms with Crippen molar-refractivity contribution in [3.63, 3.8) is 0 Å². The van der Waals surface area contributed by atoms with Crippen LogP contribution in [0.4, 0.5) is 0 Å². The average Bonchev–Trinajstić information content (AvgIpc) is 3.11. The van der Waals surface area contributed by atoms with Crippen LogP contribution in [0.5, 0.6) is 5.75 Å². The molecule has 0 saturated heterocycles. The van der Waals surface area contributed by atoms with Crippen LogP contribution in [0.25, 0.3) is 17.0 Å². The van der Waals surface area contributed by atoms with E-state index in [0.717, 1.165) is 41.3 Å². The van der Waals surface area contributed by atoms with Gasteiger partial charge in [-0.05, 0) is 48.6 Å². The Labute approximate surface area is 144 Å². The monoisotopic (exact) mass is 332 g/mol. The number of carbonyl (C=O) groups excluding carboxylic acids is 1. The van der Waals surface area contributed by atoms with Gasteiger partial charge in [-0.15, -0.1) is 0 Å². The zero-order chi connectivity index (χ0) is 17.2. The minimum atomic E-state index is -0.480. The molecule has 0 saturated carbocycles. The van der Waals surface area contributed by atoms with Gasteiger partial charge in [0.15, 0.2) is 0 Å². The molecular weight excluding hydrogens is 316 g/mol. The molecule has 0 amide bonds. The molecule has 2 aromatic carbocycles. The van der Waals surface area contributed by atoms with Crippen molar-refractivity contribution in [2.45, 2.75) is 19.3 Å². The van der Waals surface area contributed by atoms with Gasteiger partial charge in [0.1, 0.15) is 11.3 Å². The summed E-state index contributed by atoms with van der Waals surface area (Å²) in [4.78, 5) is 24.0. The second-order valence-electron chi connectivity index (χ2n) is 6.02. The number of aryl methyl sites for hydroxylation is 1. The van der Waals surface area contributed by atoms with Gasteiger partial charge in [0.05, 0.1) is 0 Å². The first-order valence-electron chi connectivity index (χ1n) is 8.24. The van der Waals surface area contributed by atoms with Crippen LogP contribution in [-0.4, -0.2) is 5.97 Å². The zero-order valence-electron chi connectivity index (χ0n) is 13.5. The lowest BCUT2D eigenvalue weighted by atomic mass is 10.1. The van der Waals surface area contributed by atoms with Crippen molar-refractivity contribution < 1.29 is 13.9 Å². The fourth-order valence-corrected chi connectivity index (χ4v) is 3.21. The molecule has 4 heteroatoms. The third-order valence-corrected chi connectivity index (χ3v) is 4.37. The zero-order valence-corrected chi connectivity index (χ0v) is 13.5. The third-order valence-electron chi connectivity index (χ3n) is 4.37. The van der Waals surface area contributed by atoms with E-state index in [9.17, 15) is 9.59 Å². The SMILES string of the molecule is O=C(/C=C/c1ccccc1)Oc1ccc2c3c(c(=O)oc2c1)CCC3. The van der Waals surface area contributed by atoms with Gasteiger partial charge in [0, 0.05) is 23.1 Å². The molecule has 0 N–H and O–H groups in total. The van der Waals surface area contributed by atoms with Crippen molar-refractivity contribution in [1.29, 1.82) is 0 Å². The molecule has 3 aromatic rings. The Balaban J connectivity index is 1.58. The number of carbonyl (C=O) groups is 1. The highest BCUT2D eigenvalue weighted by molar-refractivity contribution is 5.90. The second kappa shape index (κ2) is 6.40. The Kier molecular flexibility index (Phi) is 3.94. The minimum absolute atomic E-state index is 0.285. The number of esters is 1. The summed E-state index contributed by atoms with van der Waals surface area (Å²) >= 11 is 0. The summed E-state index contributed by atoms with van der Waals surface area (Å²) in [5, 5.41) is 0.923. The summed E-state index contributed by atoms with van der Waals surface area (Å²) in [5.74, 6) is -0.122. The van der Waals surface area contributed by atoms with Gasteiger partial charge >= 0.3 is 11.6 Å². The van der Waals surface area contributed by atoms with Gasteiger partial charge in [-0.3, -0.25) is 0 Å². The van der Waals surface area contributed by atoms with Crippen LogP contribution in [0.2, 0.25) is 0 Å². The summed E-state index contributed by atoms with van der Waals surface area (Å²) in [7, 11) is 0. The number of benzene rings is 2. The van der Waals surface area contributed by atoms with Crippen LogP contribution in [0.1, 0.15) is 23.1 Å². The van der Waals surface area contributed by atoms with Crippen LogP contribution in [0, 0.1) is 0 Å². The van der Waals surface area contributed by atoms with E-state index in [1.807, 2.05) is 36.4 Å². The molecule has 0 bridgehead atoms. The molecule has 124 valence electrons. The number of ether oxygens (including phenoxy) is 1. The molecule has 0 spiro atoms. The van der Waals surface area contributed by atoms with Gasteiger partial charge in [-0.1, -0.05) is 30.3 Å². The normalized spacial score (nSPS) is 13.3. The maximum absolute atomic E-state index is 12.0. The first kappa shape index (κ1) is 15.4. The van der Waals surface area contributed by atoms with Crippen LogP contribution in [0.3, 0.4) is 0 Å².